The van der Waals surface area contributed by atoms with Crippen LogP contribution in [0.1, 0.15) is 23.7 Å². The average Bonchev–Trinajstić information content (AvgIpc) is 2.76. The monoisotopic (exact) mass is 324 g/mol. The van der Waals surface area contributed by atoms with Gasteiger partial charge in [-0.25, -0.2) is 0 Å². The Labute approximate surface area is 121 Å². The fraction of sp³-hybridized carbons (Fsp3) is 0.429. The molecular weight excluding hydrogens is 308 g/mol. The third kappa shape index (κ3) is 4.14. The van der Waals surface area contributed by atoms with Crippen molar-refractivity contribution >= 4 is 27.6 Å². The van der Waals surface area contributed by atoms with Gasteiger partial charge in [0.15, 0.2) is 5.78 Å². The first kappa shape index (κ1) is 14.2. The van der Waals surface area contributed by atoms with Crippen LogP contribution in [0.4, 0.5) is 0 Å². The van der Waals surface area contributed by atoms with E-state index in [2.05, 4.69) is 26.1 Å². The van der Waals surface area contributed by atoms with Crippen LogP contribution in [0.25, 0.3) is 0 Å². The van der Waals surface area contributed by atoms with E-state index in [0.29, 0.717) is 6.54 Å². The van der Waals surface area contributed by atoms with Gasteiger partial charge < -0.3 is 5.32 Å². The zero-order valence-electron chi connectivity index (χ0n) is 10.9. The zero-order chi connectivity index (χ0) is 13.8. The van der Waals surface area contributed by atoms with Gasteiger partial charge >= 0.3 is 0 Å². The van der Waals surface area contributed by atoms with Crippen molar-refractivity contribution in [2.75, 3.05) is 19.6 Å². The number of ketones is 1. The molecule has 1 N–H and O–H groups in total. The van der Waals surface area contributed by atoms with Gasteiger partial charge in [0.05, 0.1) is 6.54 Å². The Morgan fingerprint density at radius 1 is 1.37 bits per heavy atom. The van der Waals surface area contributed by atoms with Crippen LogP contribution < -0.4 is 5.32 Å². The lowest BCUT2D eigenvalue weighted by molar-refractivity contribution is -0.119. The number of hydrogen-bond donors (Lipinski definition) is 1. The maximum absolute atomic E-state index is 12.1. The largest absolute Gasteiger partial charge is 0.352 e. The van der Waals surface area contributed by atoms with Crippen LogP contribution in [0, 0.1) is 0 Å². The van der Waals surface area contributed by atoms with Crippen molar-refractivity contribution in [2.45, 2.75) is 19.4 Å². The average molecular weight is 325 g/mol. The second-order valence-corrected chi connectivity index (χ2v) is 5.77. The minimum atomic E-state index is -0.00825. The smallest absolute Gasteiger partial charge is 0.217 e. The second kappa shape index (κ2) is 6.30. The Hall–Kier alpha value is -1.20. The molecule has 1 saturated heterocycles. The second-order valence-electron chi connectivity index (χ2n) is 4.85. The van der Waals surface area contributed by atoms with E-state index in [9.17, 15) is 9.59 Å². The molecule has 1 fully saturated rings. The predicted octanol–water partition coefficient (Wildman–Crippen LogP) is 1.84. The van der Waals surface area contributed by atoms with Crippen molar-refractivity contribution in [1.82, 2.24) is 10.2 Å². The molecule has 0 saturated carbocycles. The van der Waals surface area contributed by atoms with Crippen molar-refractivity contribution < 1.29 is 9.59 Å². The topological polar surface area (TPSA) is 49.4 Å². The van der Waals surface area contributed by atoms with Crippen LogP contribution in [-0.4, -0.2) is 42.3 Å². The van der Waals surface area contributed by atoms with Crippen LogP contribution in [0.3, 0.4) is 0 Å². The summed E-state index contributed by atoms with van der Waals surface area (Å²) in [5, 5.41) is 2.89. The van der Waals surface area contributed by atoms with E-state index >= 15 is 0 Å². The molecular formula is C14H17BrN2O2. The van der Waals surface area contributed by atoms with Crippen molar-refractivity contribution in [2.24, 2.45) is 0 Å². The SMILES string of the molecule is CC(=O)NC1CCN(CC(=O)c2ccc(Br)cc2)C1. The molecule has 1 heterocycles. The third-order valence-corrected chi connectivity index (χ3v) is 3.74. The minimum Gasteiger partial charge on any atom is -0.352 e. The van der Waals surface area contributed by atoms with Gasteiger partial charge in [-0.05, 0) is 18.6 Å². The van der Waals surface area contributed by atoms with E-state index in [1.807, 2.05) is 24.3 Å². The summed E-state index contributed by atoms with van der Waals surface area (Å²) in [5.74, 6) is 0.113. The molecule has 1 aliphatic rings. The fourth-order valence-electron chi connectivity index (χ4n) is 2.31. The van der Waals surface area contributed by atoms with Gasteiger partial charge in [0, 0.05) is 36.1 Å². The van der Waals surface area contributed by atoms with E-state index < -0.39 is 0 Å². The first-order valence-corrected chi connectivity index (χ1v) is 7.12. The normalized spacial score (nSPS) is 19.4. The number of halogens is 1. The van der Waals surface area contributed by atoms with Gasteiger partial charge in [-0.2, -0.15) is 0 Å². The minimum absolute atomic E-state index is 0.00825. The number of nitrogens with zero attached hydrogens (tertiary/aromatic N) is 1. The highest BCUT2D eigenvalue weighted by Crippen LogP contribution is 2.13. The van der Waals surface area contributed by atoms with Crippen molar-refractivity contribution in [3.05, 3.63) is 34.3 Å². The number of benzene rings is 1. The first-order valence-electron chi connectivity index (χ1n) is 6.33. The van der Waals surface area contributed by atoms with Gasteiger partial charge in [0.1, 0.15) is 0 Å². The third-order valence-electron chi connectivity index (χ3n) is 3.21. The molecule has 1 aliphatic heterocycles. The number of carbonyl (C=O) groups is 2. The van der Waals surface area contributed by atoms with E-state index in [1.54, 1.807) is 0 Å². The van der Waals surface area contributed by atoms with E-state index in [0.717, 1.165) is 29.5 Å². The molecule has 1 aromatic carbocycles. The van der Waals surface area contributed by atoms with Gasteiger partial charge in [-0.3, -0.25) is 14.5 Å². The molecule has 0 bridgehead atoms. The molecule has 102 valence electrons. The lowest BCUT2D eigenvalue weighted by atomic mass is 10.1. The van der Waals surface area contributed by atoms with E-state index in [1.165, 1.54) is 6.92 Å². The summed E-state index contributed by atoms with van der Waals surface area (Å²) in [6.07, 6.45) is 0.910. The lowest BCUT2D eigenvalue weighted by Crippen LogP contribution is -2.36. The summed E-state index contributed by atoms with van der Waals surface area (Å²) in [5.41, 5.74) is 0.728. The molecule has 0 aromatic heterocycles. The maximum Gasteiger partial charge on any atom is 0.217 e. The Balaban J connectivity index is 1.87. The fourth-order valence-corrected chi connectivity index (χ4v) is 2.58. The number of amides is 1. The molecule has 0 spiro atoms. The molecule has 0 radical (unpaired) electrons. The summed E-state index contributed by atoms with van der Waals surface area (Å²) in [6, 6.07) is 7.58. The highest BCUT2D eigenvalue weighted by atomic mass is 79.9. The van der Waals surface area contributed by atoms with Gasteiger partial charge in [-0.15, -0.1) is 0 Å². The summed E-state index contributed by atoms with van der Waals surface area (Å²) in [7, 11) is 0. The van der Waals surface area contributed by atoms with E-state index in [-0.39, 0.29) is 17.7 Å². The summed E-state index contributed by atoms with van der Waals surface area (Å²) < 4.78 is 0.968. The van der Waals surface area contributed by atoms with Crippen molar-refractivity contribution in [3.8, 4) is 0 Å². The molecule has 1 amide bonds. The molecule has 2 rings (SSSR count). The molecule has 1 unspecified atom stereocenters. The Morgan fingerprint density at radius 3 is 2.68 bits per heavy atom. The zero-order valence-corrected chi connectivity index (χ0v) is 12.4. The van der Waals surface area contributed by atoms with Gasteiger partial charge in [0.2, 0.25) is 5.91 Å². The molecule has 1 aromatic rings. The Kier molecular flexibility index (Phi) is 4.71. The number of carbonyl (C=O) groups excluding carboxylic acids is 2. The van der Waals surface area contributed by atoms with E-state index in [4.69, 9.17) is 0 Å². The highest BCUT2D eigenvalue weighted by molar-refractivity contribution is 9.10. The predicted molar refractivity (Wildman–Crippen MR) is 77.1 cm³/mol. The van der Waals surface area contributed by atoms with Crippen LogP contribution in [-0.2, 0) is 4.79 Å². The van der Waals surface area contributed by atoms with Crippen LogP contribution >= 0.6 is 15.9 Å². The number of rotatable bonds is 4. The number of nitrogens with one attached hydrogen (secondary N) is 1. The van der Waals surface area contributed by atoms with Gasteiger partial charge in [-0.1, -0.05) is 28.1 Å². The lowest BCUT2D eigenvalue weighted by Gasteiger charge is -2.15. The van der Waals surface area contributed by atoms with Crippen LogP contribution in [0.15, 0.2) is 28.7 Å². The molecule has 19 heavy (non-hydrogen) atoms. The van der Waals surface area contributed by atoms with Crippen LogP contribution in [0.2, 0.25) is 0 Å². The number of Topliss-reactive ketones (excluding diaryl/α,β-unsaturated/α-hetero) is 1. The molecule has 5 heteroatoms. The summed E-state index contributed by atoms with van der Waals surface area (Å²) in [6.45, 7) is 3.54. The highest BCUT2D eigenvalue weighted by Gasteiger charge is 2.24. The molecule has 0 aliphatic carbocycles. The Bertz CT molecular complexity index is 473. The molecule has 4 nitrogen and oxygen atoms in total. The van der Waals surface area contributed by atoms with Crippen molar-refractivity contribution in [3.63, 3.8) is 0 Å². The van der Waals surface area contributed by atoms with Crippen LogP contribution in [0.5, 0.6) is 0 Å². The number of likely N-dealkylation sites (tertiary alicyclic amines) is 1. The first-order chi connectivity index (χ1) is 9.04. The maximum atomic E-state index is 12.1. The van der Waals surface area contributed by atoms with Gasteiger partial charge in [0.25, 0.3) is 0 Å². The van der Waals surface area contributed by atoms with Crippen molar-refractivity contribution in [1.29, 1.82) is 0 Å². The summed E-state index contributed by atoms with van der Waals surface area (Å²) >= 11 is 3.35. The Morgan fingerprint density at radius 2 is 2.05 bits per heavy atom. The number of hydrogen-bond acceptors (Lipinski definition) is 3. The standard InChI is InChI=1S/C14H17BrN2O2/c1-10(18)16-13-6-7-17(8-13)9-14(19)11-2-4-12(15)5-3-11/h2-5,13H,6-9H2,1H3,(H,16,18). The quantitative estimate of drug-likeness (QED) is 0.860. The molecule has 1 atom stereocenters. The summed E-state index contributed by atoms with van der Waals surface area (Å²) in [4.78, 5) is 25.2.